The monoisotopic (exact) mass is 222 g/mol. The van der Waals surface area contributed by atoms with Crippen LogP contribution < -0.4 is 10.2 Å². The maximum absolute atomic E-state index is 5.45. The van der Waals surface area contributed by atoms with Gasteiger partial charge < -0.3 is 15.0 Å². The molecule has 0 amide bonds. The number of nitrogens with one attached hydrogen (secondary N) is 1. The Morgan fingerprint density at radius 2 is 2.38 bits per heavy atom. The predicted octanol–water partition coefficient (Wildman–Crippen LogP) is 1.26. The molecule has 1 atom stereocenters. The number of aromatic nitrogens is 2. The van der Waals surface area contributed by atoms with Crippen LogP contribution in [0.25, 0.3) is 0 Å². The molecule has 16 heavy (non-hydrogen) atoms. The van der Waals surface area contributed by atoms with Crippen LogP contribution in [0.5, 0.6) is 0 Å². The van der Waals surface area contributed by atoms with Gasteiger partial charge in [-0.2, -0.15) is 0 Å². The van der Waals surface area contributed by atoms with E-state index in [1.165, 1.54) is 0 Å². The van der Waals surface area contributed by atoms with Crippen molar-refractivity contribution in [2.24, 2.45) is 0 Å². The molecule has 0 bridgehead atoms. The maximum atomic E-state index is 5.45. The van der Waals surface area contributed by atoms with Gasteiger partial charge in [-0.3, -0.25) is 0 Å². The summed E-state index contributed by atoms with van der Waals surface area (Å²) in [6.45, 7) is 5.66. The molecule has 1 aliphatic heterocycles. The first kappa shape index (κ1) is 11.1. The van der Waals surface area contributed by atoms with Crippen molar-refractivity contribution in [1.29, 1.82) is 0 Å². The van der Waals surface area contributed by atoms with Crippen molar-refractivity contribution in [2.75, 3.05) is 30.4 Å². The molecule has 0 saturated carbocycles. The van der Waals surface area contributed by atoms with E-state index < -0.39 is 0 Å². The molecule has 2 rings (SSSR count). The van der Waals surface area contributed by atoms with Gasteiger partial charge in [0.1, 0.15) is 18.2 Å². The largest absolute Gasteiger partial charge is 0.370 e. The first-order valence-electron chi connectivity index (χ1n) is 5.65. The van der Waals surface area contributed by atoms with Gasteiger partial charge in [-0.1, -0.05) is 0 Å². The highest BCUT2D eigenvalue weighted by Gasteiger charge is 2.22. The molecule has 1 unspecified atom stereocenters. The number of nitrogens with zero attached hydrogens (tertiary/aromatic N) is 3. The first-order valence-corrected chi connectivity index (χ1v) is 5.65. The SMILES string of the molecule is CCOC(C)Nc1ncnc2c1N(C)CC2. The molecule has 1 aliphatic rings. The lowest BCUT2D eigenvalue weighted by molar-refractivity contribution is 0.0958. The van der Waals surface area contributed by atoms with Crippen LogP contribution in [0.1, 0.15) is 19.5 Å². The van der Waals surface area contributed by atoms with Crippen molar-refractivity contribution < 1.29 is 4.74 Å². The van der Waals surface area contributed by atoms with Gasteiger partial charge in [0.15, 0.2) is 5.82 Å². The van der Waals surface area contributed by atoms with E-state index in [0.717, 1.165) is 30.2 Å². The average molecular weight is 222 g/mol. The topological polar surface area (TPSA) is 50.3 Å². The van der Waals surface area contributed by atoms with E-state index in [9.17, 15) is 0 Å². The summed E-state index contributed by atoms with van der Waals surface area (Å²) >= 11 is 0. The second-order valence-electron chi connectivity index (χ2n) is 3.93. The highest BCUT2D eigenvalue weighted by molar-refractivity contribution is 5.70. The lowest BCUT2D eigenvalue weighted by Crippen LogP contribution is -2.22. The Morgan fingerprint density at radius 1 is 1.56 bits per heavy atom. The summed E-state index contributed by atoms with van der Waals surface area (Å²) < 4.78 is 5.45. The highest BCUT2D eigenvalue weighted by Crippen LogP contribution is 2.31. The van der Waals surface area contributed by atoms with Crippen LogP contribution in [-0.4, -0.2) is 36.4 Å². The number of likely N-dealkylation sites (N-methyl/N-ethyl adjacent to an activating group) is 1. The number of hydrogen-bond donors (Lipinski definition) is 1. The van der Waals surface area contributed by atoms with E-state index in [0.29, 0.717) is 6.61 Å². The minimum absolute atomic E-state index is 0.0296. The second kappa shape index (κ2) is 4.65. The van der Waals surface area contributed by atoms with Gasteiger partial charge in [0.25, 0.3) is 0 Å². The summed E-state index contributed by atoms with van der Waals surface area (Å²) in [6.07, 6.45) is 2.57. The molecule has 0 aromatic carbocycles. The molecule has 0 saturated heterocycles. The van der Waals surface area contributed by atoms with Crippen molar-refractivity contribution >= 4 is 11.5 Å². The van der Waals surface area contributed by atoms with Gasteiger partial charge in [0, 0.05) is 26.6 Å². The summed E-state index contributed by atoms with van der Waals surface area (Å²) in [4.78, 5) is 10.7. The van der Waals surface area contributed by atoms with E-state index >= 15 is 0 Å². The zero-order valence-corrected chi connectivity index (χ0v) is 10.0. The standard InChI is InChI=1S/C11H18N4O/c1-4-16-8(2)14-11-10-9(12-7-13-11)5-6-15(10)3/h7-8H,4-6H2,1-3H3,(H,12,13,14). The Morgan fingerprint density at radius 3 is 3.12 bits per heavy atom. The van der Waals surface area contributed by atoms with Crippen molar-refractivity contribution in [1.82, 2.24) is 9.97 Å². The summed E-state index contributed by atoms with van der Waals surface area (Å²) in [5.41, 5.74) is 2.22. The number of anilines is 2. The Hall–Kier alpha value is -1.36. The molecule has 1 N–H and O–H groups in total. The zero-order chi connectivity index (χ0) is 11.5. The van der Waals surface area contributed by atoms with Crippen molar-refractivity contribution in [3.63, 3.8) is 0 Å². The Bertz CT molecular complexity index is 369. The molecule has 0 aliphatic carbocycles. The molecular formula is C11H18N4O. The number of rotatable bonds is 4. The van der Waals surface area contributed by atoms with Crippen LogP contribution in [0.15, 0.2) is 6.33 Å². The molecule has 0 spiro atoms. The van der Waals surface area contributed by atoms with Crippen LogP contribution in [0.2, 0.25) is 0 Å². The molecule has 1 aromatic rings. The van der Waals surface area contributed by atoms with Gasteiger partial charge >= 0.3 is 0 Å². The summed E-state index contributed by atoms with van der Waals surface area (Å²) in [6, 6.07) is 0. The fourth-order valence-corrected chi connectivity index (χ4v) is 1.97. The fraction of sp³-hybridized carbons (Fsp3) is 0.636. The minimum Gasteiger partial charge on any atom is -0.370 e. The third kappa shape index (κ3) is 2.09. The third-order valence-electron chi connectivity index (χ3n) is 2.72. The van der Waals surface area contributed by atoms with Crippen LogP contribution in [0.3, 0.4) is 0 Å². The molecule has 88 valence electrons. The summed E-state index contributed by atoms with van der Waals surface area (Å²) in [5.74, 6) is 0.867. The number of fused-ring (bicyclic) bond motifs is 1. The molecular weight excluding hydrogens is 204 g/mol. The second-order valence-corrected chi connectivity index (χ2v) is 3.93. The molecule has 5 heteroatoms. The van der Waals surface area contributed by atoms with Crippen molar-refractivity contribution in [3.8, 4) is 0 Å². The summed E-state index contributed by atoms with van der Waals surface area (Å²) in [5, 5.41) is 3.26. The molecule has 0 radical (unpaired) electrons. The zero-order valence-electron chi connectivity index (χ0n) is 10.0. The average Bonchev–Trinajstić information content (AvgIpc) is 2.62. The number of ether oxygens (including phenoxy) is 1. The van der Waals surface area contributed by atoms with Gasteiger partial charge in [-0.15, -0.1) is 0 Å². The molecule has 5 nitrogen and oxygen atoms in total. The Balaban J connectivity index is 2.19. The van der Waals surface area contributed by atoms with Crippen LogP contribution in [-0.2, 0) is 11.2 Å². The van der Waals surface area contributed by atoms with E-state index in [4.69, 9.17) is 4.74 Å². The van der Waals surface area contributed by atoms with E-state index in [1.54, 1.807) is 6.33 Å². The highest BCUT2D eigenvalue weighted by atomic mass is 16.5. The molecule has 1 aromatic heterocycles. The van der Waals surface area contributed by atoms with E-state index in [2.05, 4.69) is 27.2 Å². The van der Waals surface area contributed by atoms with Crippen molar-refractivity contribution in [2.45, 2.75) is 26.5 Å². The molecule has 0 fully saturated rings. The Kier molecular flexibility index (Phi) is 3.24. The maximum Gasteiger partial charge on any atom is 0.155 e. The van der Waals surface area contributed by atoms with Gasteiger partial charge in [-0.25, -0.2) is 9.97 Å². The smallest absolute Gasteiger partial charge is 0.155 e. The van der Waals surface area contributed by atoms with E-state index in [1.807, 2.05) is 13.8 Å². The van der Waals surface area contributed by atoms with Gasteiger partial charge in [0.05, 0.1) is 5.69 Å². The minimum atomic E-state index is -0.0296. The van der Waals surface area contributed by atoms with Gasteiger partial charge in [-0.05, 0) is 13.8 Å². The third-order valence-corrected chi connectivity index (χ3v) is 2.72. The normalized spacial score (nSPS) is 16.1. The molecule has 2 heterocycles. The fourth-order valence-electron chi connectivity index (χ4n) is 1.97. The quantitative estimate of drug-likeness (QED) is 0.777. The lowest BCUT2D eigenvalue weighted by atomic mass is 10.3. The Labute approximate surface area is 95.8 Å². The number of hydrogen-bond acceptors (Lipinski definition) is 5. The van der Waals surface area contributed by atoms with Crippen LogP contribution in [0, 0.1) is 0 Å². The predicted molar refractivity (Wildman–Crippen MR) is 63.7 cm³/mol. The summed E-state index contributed by atoms with van der Waals surface area (Å²) in [7, 11) is 2.06. The van der Waals surface area contributed by atoms with Crippen LogP contribution in [0.4, 0.5) is 11.5 Å². The van der Waals surface area contributed by atoms with Crippen LogP contribution >= 0.6 is 0 Å². The van der Waals surface area contributed by atoms with E-state index in [-0.39, 0.29) is 6.23 Å². The lowest BCUT2D eigenvalue weighted by Gasteiger charge is -2.19. The first-order chi connectivity index (χ1) is 7.72. The van der Waals surface area contributed by atoms with Gasteiger partial charge in [0.2, 0.25) is 0 Å². The van der Waals surface area contributed by atoms with Crippen molar-refractivity contribution in [3.05, 3.63) is 12.0 Å².